The summed E-state index contributed by atoms with van der Waals surface area (Å²) in [5.74, 6) is 0.705. The maximum absolute atomic E-state index is 10.9. The van der Waals surface area contributed by atoms with Crippen LogP contribution in [0.1, 0.15) is 19.3 Å². The Morgan fingerprint density at radius 3 is 3.00 bits per heavy atom. The fourth-order valence-corrected chi connectivity index (χ4v) is 3.00. The number of nitro benzene ring substituents is 1. The first-order valence-corrected chi connectivity index (χ1v) is 7.07. The number of aliphatic hydroxyl groups is 1. The number of anilines is 1. The number of aliphatic hydroxyl groups excluding tert-OH is 1. The van der Waals surface area contributed by atoms with Crippen LogP contribution < -0.4 is 5.32 Å². The van der Waals surface area contributed by atoms with Crippen LogP contribution in [0.15, 0.2) is 22.6 Å². The van der Waals surface area contributed by atoms with Crippen LogP contribution in [0.25, 0.3) is 11.1 Å². The Labute approximate surface area is 121 Å². The van der Waals surface area contributed by atoms with Gasteiger partial charge in [0.25, 0.3) is 11.7 Å². The molecule has 112 valence electrons. The summed E-state index contributed by atoms with van der Waals surface area (Å²) in [6.45, 7) is 0.858. The average molecular weight is 291 g/mol. The number of nitro groups is 1. The molecule has 0 amide bonds. The van der Waals surface area contributed by atoms with Crippen molar-refractivity contribution in [3.8, 4) is 0 Å². The van der Waals surface area contributed by atoms with Crippen LogP contribution in [0.4, 0.5) is 11.7 Å². The second-order valence-electron chi connectivity index (χ2n) is 5.41. The number of nitrogens with zero attached hydrogens (tertiary/aromatic N) is 2. The first-order chi connectivity index (χ1) is 10.2. The Hall–Kier alpha value is -2.15. The monoisotopic (exact) mass is 291 g/mol. The number of aromatic nitrogens is 1. The topological polar surface area (TPSA) is 101 Å². The summed E-state index contributed by atoms with van der Waals surface area (Å²) in [5, 5.41) is 23.3. The van der Waals surface area contributed by atoms with E-state index in [1.807, 2.05) is 0 Å². The Kier molecular flexibility index (Phi) is 3.74. The molecule has 21 heavy (non-hydrogen) atoms. The van der Waals surface area contributed by atoms with Crippen molar-refractivity contribution in [1.29, 1.82) is 0 Å². The van der Waals surface area contributed by atoms with E-state index in [9.17, 15) is 15.2 Å². The molecule has 0 saturated heterocycles. The number of para-hydroxylation sites is 1. The molecule has 0 bridgehead atoms. The maximum Gasteiger partial charge on any atom is 0.298 e. The Bertz CT molecular complexity index is 655. The number of nitrogens with one attached hydrogen (secondary N) is 1. The molecule has 1 aromatic carbocycles. The predicted octanol–water partition coefficient (Wildman–Crippen LogP) is 2.56. The molecule has 0 spiro atoms. The number of oxazole rings is 1. The number of fused-ring (bicyclic) bond motifs is 1. The molecule has 1 aliphatic carbocycles. The lowest BCUT2D eigenvalue weighted by atomic mass is 9.97. The van der Waals surface area contributed by atoms with E-state index in [1.54, 1.807) is 12.1 Å². The largest absolute Gasteiger partial charge is 0.423 e. The van der Waals surface area contributed by atoms with Crippen molar-refractivity contribution in [3.05, 3.63) is 28.3 Å². The Balaban J connectivity index is 1.76. The first kappa shape index (κ1) is 13.8. The van der Waals surface area contributed by atoms with Crippen molar-refractivity contribution >= 4 is 22.8 Å². The van der Waals surface area contributed by atoms with Gasteiger partial charge in [-0.3, -0.25) is 10.1 Å². The molecule has 2 unspecified atom stereocenters. The van der Waals surface area contributed by atoms with E-state index >= 15 is 0 Å². The zero-order valence-electron chi connectivity index (χ0n) is 11.5. The molecule has 7 heteroatoms. The summed E-state index contributed by atoms with van der Waals surface area (Å²) in [6, 6.07) is 4.94. The standard InChI is InChI=1S/C14H17N3O4/c18-8-10-4-1-3-9(10)7-15-14-16-13-11(17(19)20)5-2-6-12(13)21-14/h2,5-6,9-10,18H,1,3-4,7-8H2,(H,15,16). The second kappa shape index (κ2) is 5.69. The molecule has 1 fully saturated rings. The molecule has 2 N–H and O–H groups in total. The number of hydrogen-bond acceptors (Lipinski definition) is 6. The minimum atomic E-state index is -0.465. The lowest BCUT2D eigenvalue weighted by Crippen LogP contribution is -2.20. The Morgan fingerprint density at radius 2 is 2.24 bits per heavy atom. The van der Waals surface area contributed by atoms with Gasteiger partial charge in [0.1, 0.15) is 0 Å². The molecular formula is C14H17N3O4. The van der Waals surface area contributed by atoms with Crippen LogP contribution in [0, 0.1) is 22.0 Å². The zero-order chi connectivity index (χ0) is 14.8. The zero-order valence-corrected chi connectivity index (χ0v) is 11.5. The van der Waals surface area contributed by atoms with Crippen molar-refractivity contribution in [2.24, 2.45) is 11.8 Å². The van der Waals surface area contributed by atoms with Gasteiger partial charge >= 0.3 is 0 Å². The van der Waals surface area contributed by atoms with Crippen LogP contribution in [-0.4, -0.2) is 28.2 Å². The van der Waals surface area contributed by atoms with Gasteiger partial charge in [-0.2, -0.15) is 4.98 Å². The van der Waals surface area contributed by atoms with Crippen molar-refractivity contribution in [3.63, 3.8) is 0 Å². The minimum absolute atomic E-state index is 0.0570. The van der Waals surface area contributed by atoms with Gasteiger partial charge in [0.15, 0.2) is 11.1 Å². The highest BCUT2D eigenvalue weighted by Crippen LogP contribution is 2.32. The summed E-state index contributed by atoms with van der Waals surface area (Å²) < 4.78 is 5.50. The van der Waals surface area contributed by atoms with Crippen molar-refractivity contribution in [1.82, 2.24) is 4.98 Å². The first-order valence-electron chi connectivity index (χ1n) is 7.07. The van der Waals surface area contributed by atoms with E-state index in [2.05, 4.69) is 10.3 Å². The molecule has 1 aromatic heterocycles. The van der Waals surface area contributed by atoms with Gasteiger partial charge in [0.05, 0.1) is 4.92 Å². The second-order valence-corrected chi connectivity index (χ2v) is 5.41. The predicted molar refractivity (Wildman–Crippen MR) is 77.1 cm³/mol. The average Bonchev–Trinajstić information content (AvgIpc) is 3.09. The summed E-state index contributed by atoms with van der Waals surface area (Å²) in [6.07, 6.45) is 3.23. The fraction of sp³-hybridized carbons (Fsp3) is 0.500. The van der Waals surface area contributed by atoms with E-state index in [0.717, 1.165) is 19.3 Å². The quantitative estimate of drug-likeness (QED) is 0.648. The van der Waals surface area contributed by atoms with Gasteiger partial charge in [-0.15, -0.1) is 0 Å². The third kappa shape index (κ3) is 2.69. The molecule has 1 saturated carbocycles. The van der Waals surface area contributed by atoms with E-state index in [-0.39, 0.29) is 17.8 Å². The third-order valence-electron chi connectivity index (χ3n) is 4.16. The third-order valence-corrected chi connectivity index (χ3v) is 4.16. The van der Waals surface area contributed by atoms with Gasteiger partial charge in [-0.1, -0.05) is 12.5 Å². The molecule has 0 radical (unpaired) electrons. The Morgan fingerprint density at radius 1 is 1.43 bits per heavy atom. The minimum Gasteiger partial charge on any atom is -0.423 e. The summed E-state index contributed by atoms with van der Waals surface area (Å²) in [7, 11) is 0. The van der Waals surface area contributed by atoms with E-state index in [0.29, 0.717) is 30.0 Å². The highest BCUT2D eigenvalue weighted by molar-refractivity contribution is 5.83. The SMILES string of the molecule is O=[N+]([O-])c1cccc2oc(NCC3CCCC3CO)nc12. The van der Waals surface area contributed by atoms with Gasteiger partial charge in [-0.05, 0) is 30.7 Å². The summed E-state index contributed by atoms with van der Waals surface area (Å²) in [4.78, 5) is 14.6. The lowest BCUT2D eigenvalue weighted by Gasteiger charge is -2.16. The van der Waals surface area contributed by atoms with Gasteiger partial charge in [0.2, 0.25) is 0 Å². The molecule has 2 aromatic rings. The van der Waals surface area contributed by atoms with Crippen molar-refractivity contribution in [2.75, 3.05) is 18.5 Å². The maximum atomic E-state index is 10.9. The van der Waals surface area contributed by atoms with Crippen LogP contribution in [0.3, 0.4) is 0 Å². The van der Waals surface area contributed by atoms with E-state index in [4.69, 9.17) is 4.42 Å². The molecule has 2 atom stereocenters. The van der Waals surface area contributed by atoms with Gasteiger partial charge in [0, 0.05) is 19.2 Å². The molecule has 1 aliphatic rings. The van der Waals surface area contributed by atoms with Crippen LogP contribution in [0.5, 0.6) is 0 Å². The fourth-order valence-electron chi connectivity index (χ4n) is 3.00. The van der Waals surface area contributed by atoms with E-state index < -0.39 is 4.92 Å². The molecular weight excluding hydrogens is 274 g/mol. The molecule has 0 aliphatic heterocycles. The smallest absolute Gasteiger partial charge is 0.298 e. The lowest BCUT2D eigenvalue weighted by molar-refractivity contribution is -0.383. The number of rotatable bonds is 5. The van der Waals surface area contributed by atoms with Gasteiger partial charge in [-0.25, -0.2) is 0 Å². The molecule has 3 rings (SSSR count). The van der Waals surface area contributed by atoms with Crippen LogP contribution in [0.2, 0.25) is 0 Å². The van der Waals surface area contributed by atoms with E-state index in [1.165, 1.54) is 6.07 Å². The van der Waals surface area contributed by atoms with Gasteiger partial charge < -0.3 is 14.8 Å². The van der Waals surface area contributed by atoms with Crippen LogP contribution >= 0.6 is 0 Å². The number of hydrogen-bond donors (Lipinski definition) is 2. The van der Waals surface area contributed by atoms with Crippen LogP contribution in [-0.2, 0) is 0 Å². The number of non-ortho nitro benzene ring substituents is 1. The number of benzene rings is 1. The normalized spacial score (nSPS) is 21.8. The molecule has 1 heterocycles. The van der Waals surface area contributed by atoms with Crippen molar-refractivity contribution < 1.29 is 14.4 Å². The summed E-state index contributed by atoms with van der Waals surface area (Å²) >= 11 is 0. The summed E-state index contributed by atoms with van der Waals surface area (Å²) in [5.41, 5.74) is 0.602. The van der Waals surface area contributed by atoms with Crippen molar-refractivity contribution in [2.45, 2.75) is 19.3 Å². The molecule has 7 nitrogen and oxygen atoms in total. The highest BCUT2D eigenvalue weighted by Gasteiger charge is 2.27. The highest BCUT2D eigenvalue weighted by atomic mass is 16.6.